The summed E-state index contributed by atoms with van der Waals surface area (Å²) in [5.74, 6) is 2.29. The van der Waals surface area contributed by atoms with E-state index in [0.717, 1.165) is 24.6 Å². The van der Waals surface area contributed by atoms with Crippen molar-refractivity contribution in [2.24, 2.45) is 17.8 Å². The van der Waals surface area contributed by atoms with E-state index in [1.807, 2.05) is 0 Å². The molecule has 0 heterocycles. The van der Waals surface area contributed by atoms with Crippen molar-refractivity contribution >= 4 is 16.1 Å². The number of urea groups is 1. The van der Waals surface area contributed by atoms with E-state index in [4.69, 9.17) is 0 Å². The summed E-state index contributed by atoms with van der Waals surface area (Å²) in [6, 6.07) is -0.221. The van der Waals surface area contributed by atoms with Crippen LogP contribution in [0.2, 0.25) is 0 Å². The number of sulfonamides is 1. The number of amides is 2. The predicted molar refractivity (Wildman–Crippen MR) is 82.4 cm³/mol. The molecular formula is C14H27N3O3S. The molecule has 2 aliphatic carbocycles. The highest BCUT2D eigenvalue weighted by Gasteiger charge is 2.39. The van der Waals surface area contributed by atoms with Crippen molar-refractivity contribution in [3.05, 3.63) is 0 Å². The molecule has 0 aromatic heterocycles. The average molecular weight is 317 g/mol. The molecule has 2 saturated carbocycles. The predicted octanol–water partition coefficient (Wildman–Crippen LogP) is 1.05. The maximum absolute atomic E-state index is 11.8. The van der Waals surface area contributed by atoms with Gasteiger partial charge in [0, 0.05) is 18.6 Å². The molecule has 0 aromatic rings. The van der Waals surface area contributed by atoms with Gasteiger partial charge in [-0.2, -0.15) is 0 Å². The number of fused-ring (bicyclic) bond motifs is 2. The van der Waals surface area contributed by atoms with E-state index in [9.17, 15) is 13.2 Å². The number of carbonyl (C=O) groups is 1. The van der Waals surface area contributed by atoms with Gasteiger partial charge in [-0.05, 0) is 50.9 Å². The molecular weight excluding hydrogens is 290 g/mol. The number of hydrogen-bond acceptors (Lipinski definition) is 3. The van der Waals surface area contributed by atoms with Crippen LogP contribution in [0.1, 0.15) is 39.5 Å². The fraction of sp³-hybridized carbons (Fsp3) is 0.929. The van der Waals surface area contributed by atoms with Crippen LogP contribution in [0, 0.1) is 17.8 Å². The maximum Gasteiger partial charge on any atom is 0.314 e. The van der Waals surface area contributed by atoms with Crippen LogP contribution in [0.4, 0.5) is 4.79 Å². The molecule has 2 amide bonds. The second-order valence-electron chi connectivity index (χ2n) is 7.26. The maximum atomic E-state index is 11.8. The monoisotopic (exact) mass is 317 g/mol. The first-order valence-electron chi connectivity index (χ1n) is 7.65. The van der Waals surface area contributed by atoms with Gasteiger partial charge in [-0.25, -0.2) is 17.9 Å². The van der Waals surface area contributed by atoms with Crippen molar-refractivity contribution in [3.8, 4) is 0 Å². The third-order valence-corrected chi connectivity index (χ3v) is 5.49. The summed E-state index contributed by atoms with van der Waals surface area (Å²) >= 11 is 0. The van der Waals surface area contributed by atoms with E-state index < -0.39 is 15.6 Å². The van der Waals surface area contributed by atoms with E-state index in [-0.39, 0.29) is 12.6 Å². The minimum absolute atomic E-state index is 0.221. The summed E-state index contributed by atoms with van der Waals surface area (Å²) in [6.07, 6.45) is 6.36. The zero-order valence-corrected chi connectivity index (χ0v) is 13.9. The van der Waals surface area contributed by atoms with E-state index >= 15 is 0 Å². The Labute approximate surface area is 127 Å². The van der Waals surface area contributed by atoms with E-state index in [1.54, 1.807) is 13.8 Å². The highest BCUT2D eigenvalue weighted by Crippen LogP contribution is 2.47. The number of hydrogen-bond donors (Lipinski definition) is 3. The Bertz CT molecular complexity index is 490. The van der Waals surface area contributed by atoms with Crippen LogP contribution in [-0.4, -0.2) is 39.3 Å². The van der Waals surface area contributed by atoms with Gasteiger partial charge in [-0.15, -0.1) is 0 Å². The lowest BCUT2D eigenvalue weighted by atomic mass is 9.89. The Morgan fingerprint density at radius 3 is 2.43 bits per heavy atom. The highest BCUT2D eigenvalue weighted by molar-refractivity contribution is 7.88. The SMILES string of the molecule is CC(C)(CNC(=O)NCC1CC2CCC1C2)NS(C)(=O)=O. The zero-order valence-electron chi connectivity index (χ0n) is 13.1. The second kappa shape index (κ2) is 6.12. The molecule has 0 aromatic carbocycles. The van der Waals surface area contributed by atoms with Gasteiger partial charge in [0.1, 0.15) is 0 Å². The lowest BCUT2D eigenvalue weighted by Crippen LogP contribution is -2.53. The minimum Gasteiger partial charge on any atom is -0.338 e. The summed E-state index contributed by atoms with van der Waals surface area (Å²) in [5.41, 5.74) is -0.697. The third-order valence-electron chi connectivity index (χ3n) is 4.56. The Hall–Kier alpha value is -0.820. The summed E-state index contributed by atoms with van der Waals surface area (Å²) in [5, 5.41) is 5.65. The Morgan fingerprint density at radius 2 is 1.90 bits per heavy atom. The first-order chi connectivity index (χ1) is 9.65. The molecule has 3 unspecified atom stereocenters. The van der Waals surface area contributed by atoms with Gasteiger partial charge in [0.05, 0.1) is 6.26 Å². The van der Waals surface area contributed by atoms with Crippen LogP contribution in [0.5, 0.6) is 0 Å². The average Bonchev–Trinajstić information content (AvgIpc) is 2.93. The van der Waals surface area contributed by atoms with Gasteiger partial charge >= 0.3 is 6.03 Å². The quantitative estimate of drug-likeness (QED) is 0.684. The summed E-state index contributed by atoms with van der Waals surface area (Å²) in [4.78, 5) is 11.8. The molecule has 0 radical (unpaired) electrons. The van der Waals surface area contributed by atoms with Gasteiger partial charge in [0.2, 0.25) is 10.0 Å². The van der Waals surface area contributed by atoms with E-state index in [0.29, 0.717) is 5.92 Å². The van der Waals surface area contributed by atoms with Gasteiger partial charge in [-0.3, -0.25) is 0 Å². The molecule has 122 valence electrons. The van der Waals surface area contributed by atoms with Crippen LogP contribution >= 0.6 is 0 Å². The third kappa shape index (κ3) is 5.14. The Balaban J connectivity index is 1.68. The van der Waals surface area contributed by atoms with Gasteiger partial charge in [-0.1, -0.05) is 6.42 Å². The van der Waals surface area contributed by atoms with Crippen LogP contribution in [-0.2, 0) is 10.0 Å². The van der Waals surface area contributed by atoms with Crippen molar-refractivity contribution < 1.29 is 13.2 Å². The largest absolute Gasteiger partial charge is 0.338 e. The fourth-order valence-electron chi connectivity index (χ4n) is 3.75. The number of rotatable bonds is 6. The van der Waals surface area contributed by atoms with Crippen LogP contribution < -0.4 is 15.4 Å². The van der Waals surface area contributed by atoms with Crippen LogP contribution in [0.25, 0.3) is 0 Å². The van der Waals surface area contributed by atoms with Gasteiger partial charge in [0.15, 0.2) is 0 Å². The first-order valence-corrected chi connectivity index (χ1v) is 9.54. The van der Waals surface area contributed by atoms with E-state index in [2.05, 4.69) is 15.4 Å². The van der Waals surface area contributed by atoms with Crippen molar-refractivity contribution in [2.75, 3.05) is 19.3 Å². The molecule has 2 aliphatic rings. The summed E-state index contributed by atoms with van der Waals surface area (Å²) < 4.78 is 24.9. The van der Waals surface area contributed by atoms with Crippen molar-refractivity contribution in [2.45, 2.75) is 45.1 Å². The van der Waals surface area contributed by atoms with Gasteiger partial charge in [0.25, 0.3) is 0 Å². The Kier molecular flexibility index (Phi) is 4.82. The molecule has 0 saturated heterocycles. The molecule has 7 heteroatoms. The smallest absolute Gasteiger partial charge is 0.314 e. The topological polar surface area (TPSA) is 87.3 Å². The number of carbonyl (C=O) groups excluding carboxylic acids is 1. The summed E-state index contributed by atoms with van der Waals surface area (Å²) in [6.45, 7) is 4.46. The highest BCUT2D eigenvalue weighted by atomic mass is 32.2. The second-order valence-corrected chi connectivity index (χ2v) is 9.01. The Morgan fingerprint density at radius 1 is 1.19 bits per heavy atom. The fourth-order valence-corrected chi connectivity index (χ4v) is 4.83. The minimum atomic E-state index is -3.28. The molecule has 3 atom stereocenters. The van der Waals surface area contributed by atoms with Crippen LogP contribution in [0.15, 0.2) is 0 Å². The standard InChI is InChI=1S/C14H27N3O3S/c1-14(2,17-21(3,19)20)9-16-13(18)15-8-12-7-10-4-5-11(12)6-10/h10-12,17H,4-9H2,1-3H3,(H2,15,16,18). The molecule has 6 nitrogen and oxygen atoms in total. The van der Waals surface area contributed by atoms with Crippen molar-refractivity contribution in [3.63, 3.8) is 0 Å². The molecule has 0 aliphatic heterocycles. The lowest BCUT2D eigenvalue weighted by Gasteiger charge is -2.26. The molecule has 2 bridgehead atoms. The summed E-state index contributed by atoms with van der Waals surface area (Å²) in [7, 11) is -3.28. The zero-order chi connectivity index (χ0) is 15.7. The van der Waals surface area contributed by atoms with Crippen LogP contribution in [0.3, 0.4) is 0 Å². The lowest BCUT2D eigenvalue weighted by molar-refractivity contribution is 0.231. The number of nitrogens with one attached hydrogen (secondary N) is 3. The first kappa shape index (κ1) is 16.5. The van der Waals surface area contributed by atoms with E-state index in [1.165, 1.54) is 25.7 Å². The molecule has 21 heavy (non-hydrogen) atoms. The molecule has 0 spiro atoms. The van der Waals surface area contributed by atoms with Crippen molar-refractivity contribution in [1.29, 1.82) is 0 Å². The molecule has 2 fully saturated rings. The molecule has 3 N–H and O–H groups in total. The van der Waals surface area contributed by atoms with Gasteiger partial charge < -0.3 is 10.6 Å². The normalized spacial score (nSPS) is 28.6. The van der Waals surface area contributed by atoms with Crippen molar-refractivity contribution in [1.82, 2.24) is 15.4 Å². The molecule has 2 rings (SSSR count).